The maximum absolute atomic E-state index is 5.68. The van der Waals surface area contributed by atoms with Gasteiger partial charge in [0.2, 0.25) is 5.95 Å². The number of nitrogen functional groups attached to an aromatic ring is 1. The summed E-state index contributed by atoms with van der Waals surface area (Å²) in [6, 6.07) is 6.17. The maximum atomic E-state index is 5.68. The van der Waals surface area contributed by atoms with Crippen LogP contribution in [0.4, 0.5) is 17.5 Å². The molecule has 0 saturated carbocycles. The summed E-state index contributed by atoms with van der Waals surface area (Å²) in [5.74, 6) is 1.67. The summed E-state index contributed by atoms with van der Waals surface area (Å²) < 4.78 is 5.49. The van der Waals surface area contributed by atoms with E-state index in [2.05, 4.69) is 39.7 Å². The number of rotatable bonds is 3. The molecule has 0 fully saturated rings. The molecular weight excluding hydrogens is 266 g/mol. The molecule has 1 atom stereocenters. The number of methoxy groups -OCH3 is 1. The maximum Gasteiger partial charge on any atom is 0.229 e. The van der Waals surface area contributed by atoms with Crippen molar-refractivity contribution in [2.75, 3.05) is 24.7 Å². The molecule has 110 valence electrons. The monoisotopic (exact) mass is 285 g/mol. The lowest BCUT2D eigenvalue weighted by Crippen LogP contribution is -2.27. The minimum absolute atomic E-state index is 0.334. The van der Waals surface area contributed by atoms with Gasteiger partial charge < -0.3 is 21.1 Å². The Morgan fingerprint density at radius 2 is 2.29 bits per heavy atom. The highest BCUT2D eigenvalue weighted by molar-refractivity contribution is 5.66. The van der Waals surface area contributed by atoms with Gasteiger partial charge in [0.25, 0.3) is 0 Å². The third-order valence-electron chi connectivity index (χ3n) is 3.70. The predicted octanol–water partition coefficient (Wildman–Crippen LogP) is 2.02. The lowest BCUT2D eigenvalue weighted by atomic mass is 9.94. The van der Waals surface area contributed by atoms with E-state index in [-0.39, 0.29) is 0 Å². The SMILES string of the molecule is COc1cc2c(cc1Nc1nccc(N)n1)CCNC2C. The van der Waals surface area contributed by atoms with E-state index in [1.165, 1.54) is 11.1 Å². The van der Waals surface area contributed by atoms with Gasteiger partial charge in [-0.25, -0.2) is 4.98 Å². The highest BCUT2D eigenvalue weighted by atomic mass is 16.5. The van der Waals surface area contributed by atoms with Crippen LogP contribution >= 0.6 is 0 Å². The van der Waals surface area contributed by atoms with Gasteiger partial charge in [-0.15, -0.1) is 0 Å². The first kappa shape index (κ1) is 13.6. The summed E-state index contributed by atoms with van der Waals surface area (Å²) in [7, 11) is 1.66. The molecule has 1 unspecified atom stereocenters. The van der Waals surface area contributed by atoms with Crippen molar-refractivity contribution < 1.29 is 4.74 Å². The van der Waals surface area contributed by atoms with E-state index in [0.29, 0.717) is 17.8 Å². The van der Waals surface area contributed by atoms with Crippen molar-refractivity contribution >= 4 is 17.5 Å². The molecule has 0 bridgehead atoms. The van der Waals surface area contributed by atoms with Gasteiger partial charge in [-0.2, -0.15) is 4.98 Å². The Bertz CT molecular complexity index is 659. The van der Waals surface area contributed by atoms with Crippen LogP contribution in [0.15, 0.2) is 24.4 Å². The minimum atomic E-state index is 0.334. The van der Waals surface area contributed by atoms with Crippen molar-refractivity contribution in [3.63, 3.8) is 0 Å². The molecular formula is C15H19N5O. The first-order valence-corrected chi connectivity index (χ1v) is 6.97. The van der Waals surface area contributed by atoms with Crippen molar-refractivity contribution in [2.24, 2.45) is 0 Å². The second-order valence-corrected chi connectivity index (χ2v) is 5.11. The summed E-state index contributed by atoms with van der Waals surface area (Å²) in [5.41, 5.74) is 9.13. The Morgan fingerprint density at radius 1 is 1.43 bits per heavy atom. The molecule has 2 aromatic rings. The number of ether oxygens (including phenoxy) is 1. The smallest absolute Gasteiger partial charge is 0.229 e. The Hall–Kier alpha value is -2.34. The van der Waals surface area contributed by atoms with Crippen LogP contribution in [0.2, 0.25) is 0 Å². The zero-order chi connectivity index (χ0) is 14.8. The average Bonchev–Trinajstić information content (AvgIpc) is 2.47. The number of nitrogens with two attached hydrogens (primary N) is 1. The van der Waals surface area contributed by atoms with Crippen molar-refractivity contribution in [3.8, 4) is 5.75 Å². The molecule has 0 saturated heterocycles. The normalized spacial score (nSPS) is 17.1. The first-order chi connectivity index (χ1) is 10.2. The van der Waals surface area contributed by atoms with E-state index in [1.54, 1.807) is 19.4 Å². The topological polar surface area (TPSA) is 85.1 Å². The number of nitrogens with one attached hydrogen (secondary N) is 2. The number of hydrogen-bond donors (Lipinski definition) is 3. The molecule has 1 aromatic carbocycles. The zero-order valence-corrected chi connectivity index (χ0v) is 12.2. The molecule has 4 N–H and O–H groups in total. The number of aromatic nitrogens is 2. The van der Waals surface area contributed by atoms with Crippen LogP contribution in [0.3, 0.4) is 0 Å². The summed E-state index contributed by atoms with van der Waals surface area (Å²) in [4.78, 5) is 8.33. The Morgan fingerprint density at radius 3 is 3.05 bits per heavy atom. The molecule has 6 nitrogen and oxygen atoms in total. The fraction of sp³-hybridized carbons (Fsp3) is 0.333. The molecule has 21 heavy (non-hydrogen) atoms. The van der Waals surface area contributed by atoms with Gasteiger partial charge in [-0.05, 0) is 49.2 Å². The number of benzene rings is 1. The van der Waals surface area contributed by atoms with Crippen LogP contribution < -0.4 is 21.1 Å². The Labute approximate surface area is 123 Å². The lowest BCUT2D eigenvalue weighted by Gasteiger charge is -2.25. The van der Waals surface area contributed by atoms with E-state index >= 15 is 0 Å². The number of hydrogen-bond acceptors (Lipinski definition) is 6. The molecule has 1 aromatic heterocycles. The van der Waals surface area contributed by atoms with Gasteiger partial charge in [0.05, 0.1) is 12.8 Å². The second-order valence-electron chi connectivity index (χ2n) is 5.11. The Balaban J connectivity index is 1.98. The van der Waals surface area contributed by atoms with Crippen molar-refractivity contribution in [1.82, 2.24) is 15.3 Å². The number of anilines is 3. The van der Waals surface area contributed by atoms with E-state index in [4.69, 9.17) is 10.5 Å². The highest BCUT2D eigenvalue weighted by Gasteiger charge is 2.19. The summed E-state index contributed by atoms with van der Waals surface area (Å²) >= 11 is 0. The molecule has 1 aliphatic rings. The molecule has 2 heterocycles. The van der Waals surface area contributed by atoms with Gasteiger partial charge in [0.1, 0.15) is 11.6 Å². The van der Waals surface area contributed by atoms with E-state index in [0.717, 1.165) is 24.4 Å². The average molecular weight is 285 g/mol. The van der Waals surface area contributed by atoms with Crippen LogP contribution in [0.25, 0.3) is 0 Å². The van der Waals surface area contributed by atoms with Crippen LogP contribution in [0.5, 0.6) is 5.75 Å². The molecule has 6 heteroatoms. The predicted molar refractivity (Wildman–Crippen MR) is 82.8 cm³/mol. The molecule has 0 amide bonds. The standard InChI is InChI=1S/C15H19N5O/c1-9-11-8-13(21-2)12(7-10(11)3-5-17-9)19-15-18-6-4-14(16)20-15/h4,6-9,17H,3,5H2,1-2H3,(H3,16,18,19,20). The van der Waals surface area contributed by atoms with Gasteiger partial charge in [0.15, 0.2) is 0 Å². The molecule has 0 aliphatic carbocycles. The van der Waals surface area contributed by atoms with Gasteiger partial charge in [0, 0.05) is 12.2 Å². The fourth-order valence-electron chi connectivity index (χ4n) is 2.61. The van der Waals surface area contributed by atoms with E-state index in [1.807, 2.05) is 0 Å². The van der Waals surface area contributed by atoms with E-state index < -0.39 is 0 Å². The minimum Gasteiger partial charge on any atom is -0.495 e. The zero-order valence-electron chi connectivity index (χ0n) is 12.2. The quantitative estimate of drug-likeness (QED) is 0.800. The van der Waals surface area contributed by atoms with E-state index in [9.17, 15) is 0 Å². The fourth-order valence-corrected chi connectivity index (χ4v) is 2.61. The van der Waals surface area contributed by atoms with Crippen molar-refractivity contribution in [2.45, 2.75) is 19.4 Å². The highest BCUT2D eigenvalue weighted by Crippen LogP contribution is 2.34. The summed E-state index contributed by atoms with van der Waals surface area (Å²) in [5, 5.41) is 6.63. The largest absolute Gasteiger partial charge is 0.495 e. The van der Waals surface area contributed by atoms with Crippen LogP contribution in [-0.4, -0.2) is 23.6 Å². The summed E-state index contributed by atoms with van der Waals surface area (Å²) in [6.45, 7) is 3.14. The second kappa shape index (κ2) is 5.57. The van der Waals surface area contributed by atoms with Crippen LogP contribution in [-0.2, 0) is 6.42 Å². The Kier molecular flexibility index (Phi) is 3.62. The third-order valence-corrected chi connectivity index (χ3v) is 3.70. The molecule has 1 aliphatic heterocycles. The third kappa shape index (κ3) is 2.75. The molecule has 0 radical (unpaired) electrons. The lowest BCUT2D eigenvalue weighted by molar-refractivity contribution is 0.414. The first-order valence-electron chi connectivity index (χ1n) is 6.97. The van der Waals surface area contributed by atoms with Crippen molar-refractivity contribution in [1.29, 1.82) is 0 Å². The summed E-state index contributed by atoms with van der Waals surface area (Å²) in [6.07, 6.45) is 2.62. The number of nitrogens with zero attached hydrogens (tertiary/aromatic N) is 2. The number of fused-ring (bicyclic) bond motifs is 1. The van der Waals surface area contributed by atoms with Crippen LogP contribution in [0.1, 0.15) is 24.1 Å². The van der Waals surface area contributed by atoms with Crippen LogP contribution in [0, 0.1) is 0 Å². The molecule has 0 spiro atoms. The van der Waals surface area contributed by atoms with Gasteiger partial charge in [-0.1, -0.05) is 0 Å². The molecule has 3 rings (SSSR count). The van der Waals surface area contributed by atoms with Crippen molar-refractivity contribution in [3.05, 3.63) is 35.5 Å². The van der Waals surface area contributed by atoms with Gasteiger partial charge in [-0.3, -0.25) is 0 Å². The van der Waals surface area contributed by atoms with Gasteiger partial charge >= 0.3 is 0 Å².